The Morgan fingerprint density at radius 2 is 1.62 bits per heavy atom. The van der Waals surface area contributed by atoms with Crippen molar-refractivity contribution in [2.24, 2.45) is 0 Å². The van der Waals surface area contributed by atoms with Crippen LogP contribution in [0.5, 0.6) is 5.75 Å². The molecule has 0 aliphatic heterocycles. The zero-order chi connectivity index (χ0) is 21.9. The minimum atomic E-state index is 0.780. The fourth-order valence-electron chi connectivity index (χ4n) is 3.81. The molecule has 0 amide bonds. The molecule has 1 N–H and O–H groups in total. The summed E-state index contributed by atoms with van der Waals surface area (Å²) >= 11 is 1.70. The minimum Gasteiger partial charge on any atom is -0.497 e. The van der Waals surface area contributed by atoms with Gasteiger partial charge in [0.15, 0.2) is 5.65 Å². The topological polar surface area (TPSA) is 52.0 Å². The van der Waals surface area contributed by atoms with Crippen molar-refractivity contribution in [3.63, 3.8) is 0 Å². The Bertz CT molecular complexity index is 1360. The summed E-state index contributed by atoms with van der Waals surface area (Å²) in [4.78, 5) is 10.5. The van der Waals surface area contributed by atoms with Gasteiger partial charge in [-0.1, -0.05) is 42.5 Å². The molecule has 32 heavy (non-hydrogen) atoms. The minimum absolute atomic E-state index is 0.780. The second-order valence-corrected chi connectivity index (χ2v) is 8.07. The van der Waals surface area contributed by atoms with Crippen LogP contribution in [0.4, 0.5) is 11.5 Å². The summed E-state index contributed by atoms with van der Waals surface area (Å²) in [5.41, 5.74) is 5.05. The zero-order valence-electron chi connectivity index (χ0n) is 17.8. The monoisotopic (exact) mass is 438 g/mol. The molecule has 0 radical (unpaired) electrons. The van der Waals surface area contributed by atoms with Crippen molar-refractivity contribution in [1.29, 1.82) is 0 Å². The van der Waals surface area contributed by atoms with Gasteiger partial charge in [0, 0.05) is 22.3 Å². The lowest BCUT2D eigenvalue weighted by Crippen LogP contribution is -1.99. The number of rotatable bonds is 6. The van der Waals surface area contributed by atoms with Crippen molar-refractivity contribution in [3.8, 4) is 22.6 Å². The van der Waals surface area contributed by atoms with Gasteiger partial charge in [-0.25, -0.2) is 9.97 Å². The second kappa shape index (κ2) is 8.77. The fraction of sp³-hybridized carbons (Fsp3) is 0.0769. The van der Waals surface area contributed by atoms with E-state index in [1.807, 2.05) is 54.6 Å². The Morgan fingerprint density at radius 1 is 0.875 bits per heavy atom. The maximum atomic E-state index is 5.33. The van der Waals surface area contributed by atoms with Crippen LogP contribution in [0.1, 0.15) is 0 Å². The molecule has 0 spiro atoms. The number of fused-ring (bicyclic) bond motifs is 1. The number of aromatic nitrogens is 3. The van der Waals surface area contributed by atoms with E-state index in [-0.39, 0.29) is 0 Å². The second-order valence-electron chi connectivity index (χ2n) is 7.22. The highest BCUT2D eigenvalue weighted by molar-refractivity contribution is 7.98. The molecule has 5 rings (SSSR count). The SMILES string of the molecule is COc1ccc(-n2cc(-c3ccccc3)c3c(Nc4ccccc4SC)ncnc32)cc1. The molecule has 0 saturated carbocycles. The van der Waals surface area contributed by atoms with E-state index in [2.05, 4.69) is 56.6 Å². The van der Waals surface area contributed by atoms with Crippen molar-refractivity contribution in [1.82, 2.24) is 14.5 Å². The van der Waals surface area contributed by atoms with E-state index in [9.17, 15) is 0 Å². The number of nitrogens with one attached hydrogen (secondary N) is 1. The van der Waals surface area contributed by atoms with Gasteiger partial charge < -0.3 is 14.6 Å². The zero-order valence-corrected chi connectivity index (χ0v) is 18.6. The molecule has 158 valence electrons. The quantitative estimate of drug-likeness (QED) is 0.304. The number of hydrogen-bond acceptors (Lipinski definition) is 5. The lowest BCUT2D eigenvalue weighted by atomic mass is 10.1. The summed E-state index contributed by atoms with van der Waals surface area (Å²) in [6.45, 7) is 0. The molecule has 0 bridgehead atoms. The largest absolute Gasteiger partial charge is 0.497 e. The van der Waals surface area contributed by atoms with Crippen molar-refractivity contribution >= 4 is 34.3 Å². The molecular formula is C26H22N4OS. The van der Waals surface area contributed by atoms with Gasteiger partial charge in [-0.3, -0.25) is 0 Å². The standard InChI is InChI=1S/C26H22N4OS/c1-31-20-14-12-19(13-15-20)30-16-21(18-8-4-3-5-9-18)24-25(27-17-28-26(24)30)29-22-10-6-7-11-23(22)32-2/h3-17H,1-2H3,(H,27,28,29). The van der Waals surface area contributed by atoms with Crippen LogP contribution < -0.4 is 10.1 Å². The summed E-state index contributed by atoms with van der Waals surface area (Å²) in [5, 5.41) is 4.53. The van der Waals surface area contributed by atoms with Gasteiger partial charge in [-0.2, -0.15) is 0 Å². The summed E-state index contributed by atoms with van der Waals surface area (Å²) in [6.07, 6.45) is 5.81. The number of nitrogens with zero attached hydrogens (tertiary/aromatic N) is 3. The molecule has 0 saturated heterocycles. The smallest absolute Gasteiger partial charge is 0.150 e. The molecule has 3 aromatic carbocycles. The molecule has 6 heteroatoms. The van der Waals surface area contributed by atoms with E-state index in [1.54, 1.807) is 25.2 Å². The van der Waals surface area contributed by atoms with Gasteiger partial charge in [-0.15, -0.1) is 11.8 Å². The Hall–Kier alpha value is -3.77. The van der Waals surface area contributed by atoms with Crippen molar-refractivity contribution < 1.29 is 4.74 Å². The third kappa shape index (κ3) is 3.69. The van der Waals surface area contributed by atoms with E-state index in [0.29, 0.717) is 0 Å². The van der Waals surface area contributed by atoms with Gasteiger partial charge in [0.1, 0.15) is 17.9 Å². The molecule has 0 aliphatic rings. The highest BCUT2D eigenvalue weighted by Crippen LogP contribution is 2.37. The molecule has 0 unspecified atom stereocenters. The number of benzene rings is 3. The number of anilines is 2. The van der Waals surface area contributed by atoms with Crippen LogP contribution >= 0.6 is 11.8 Å². The van der Waals surface area contributed by atoms with Crippen LogP contribution in [-0.2, 0) is 0 Å². The maximum absolute atomic E-state index is 5.33. The first-order chi connectivity index (χ1) is 15.8. The molecule has 5 aromatic rings. The number of thioether (sulfide) groups is 1. The Kier molecular flexibility index (Phi) is 5.52. The van der Waals surface area contributed by atoms with Crippen molar-refractivity contribution in [2.75, 3.05) is 18.7 Å². The maximum Gasteiger partial charge on any atom is 0.150 e. The van der Waals surface area contributed by atoms with Crippen LogP contribution in [0.25, 0.3) is 27.8 Å². The van der Waals surface area contributed by atoms with Crippen LogP contribution in [0.15, 0.2) is 96.3 Å². The summed E-state index contributed by atoms with van der Waals surface area (Å²) in [5.74, 6) is 1.60. The predicted molar refractivity (Wildman–Crippen MR) is 132 cm³/mol. The number of ether oxygens (including phenoxy) is 1. The first-order valence-corrected chi connectivity index (χ1v) is 11.5. The van der Waals surface area contributed by atoms with E-state index in [4.69, 9.17) is 4.74 Å². The highest BCUT2D eigenvalue weighted by atomic mass is 32.2. The Morgan fingerprint density at radius 3 is 2.38 bits per heavy atom. The summed E-state index contributed by atoms with van der Waals surface area (Å²) in [7, 11) is 1.67. The van der Waals surface area contributed by atoms with Crippen LogP contribution in [0.2, 0.25) is 0 Å². The van der Waals surface area contributed by atoms with Gasteiger partial charge in [0.2, 0.25) is 0 Å². The fourth-order valence-corrected chi connectivity index (χ4v) is 4.36. The Labute approximate surface area is 191 Å². The molecule has 5 nitrogen and oxygen atoms in total. The van der Waals surface area contributed by atoms with E-state index in [1.165, 1.54) is 0 Å². The lowest BCUT2D eigenvalue weighted by Gasteiger charge is -2.11. The number of para-hydroxylation sites is 1. The Balaban J connectivity index is 1.72. The molecule has 2 aromatic heterocycles. The van der Waals surface area contributed by atoms with Crippen molar-refractivity contribution in [2.45, 2.75) is 4.90 Å². The van der Waals surface area contributed by atoms with Gasteiger partial charge in [0.25, 0.3) is 0 Å². The number of methoxy groups -OCH3 is 1. The predicted octanol–water partition coefficient (Wildman–Crippen LogP) is 6.56. The first kappa shape index (κ1) is 20.2. The van der Waals surface area contributed by atoms with Gasteiger partial charge >= 0.3 is 0 Å². The highest BCUT2D eigenvalue weighted by Gasteiger charge is 2.18. The average molecular weight is 439 g/mol. The lowest BCUT2D eigenvalue weighted by molar-refractivity contribution is 0.415. The van der Waals surface area contributed by atoms with E-state index < -0.39 is 0 Å². The first-order valence-electron chi connectivity index (χ1n) is 10.2. The molecule has 0 atom stereocenters. The molecular weight excluding hydrogens is 416 g/mol. The average Bonchev–Trinajstić information content (AvgIpc) is 3.26. The van der Waals surface area contributed by atoms with Gasteiger partial charge in [0.05, 0.1) is 18.2 Å². The van der Waals surface area contributed by atoms with Crippen LogP contribution in [0, 0.1) is 0 Å². The third-order valence-corrected chi connectivity index (χ3v) is 6.17. The molecule has 0 aliphatic carbocycles. The third-order valence-electron chi connectivity index (χ3n) is 5.38. The molecule has 0 fully saturated rings. The summed E-state index contributed by atoms with van der Waals surface area (Å²) in [6, 6.07) is 26.6. The van der Waals surface area contributed by atoms with Crippen LogP contribution in [-0.4, -0.2) is 27.9 Å². The normalized spacial score (nSPS) is 10.9. The van der Waals surface area contributed by atoms with E-state index in [0.717, 1.165) is 50.0 Å². The van der Waals surface area contributed by atoms with E-state index >= 15 is 0 Å². The number of hydrogen-bond donors (Lipinski definition) is 1. The molecule has 2 heterocycles. The van der Waals surface area contributed by atoms with Crippen molar-refractivity contribution in [3.05, 3.63) is 91.4 Å². The summed E-state index contributed by atoms with van der Waals surface area (Å²) < 4.78 is 7.43. The van der Waals surface area contributed by atoms with Gasteiger partial charge in [-0.05, 0) is 48.2 Å². The van der Waals surface area contributed by atoms with Crippen LogP contribution in [0.3, 0.4) is 0 Å².